The highest BCUT2D eigenvalue weighted by Gasteiger charge is 2.38. The number of para-hydroxylation sites is 1. The van der Waals surface area contributed by atoms with Crippen LogP contribution in [0, 0.1) is 0 Å². The van der Waals surface area contributed by atoms with Crippen LogP contribution in [0.5, 0.6) is 11.5 Å². The van der Waals surface area contributed by atoms with Gasteiger partial charge in [0.2, 0.25) is 0 Å². The first-order chi connectivity index (χ1) is 35.7. The molecular formula is C70H52N2O. The van der Waals surface area contributed by atoms with Gasteiger partial charge in [-0.15, -0.1) is 0 Å². The molecule has 348 valence electrons. The number of ether oxygens (including phenoxy) is 1. The molecule has 0 radical (unpaired) electrons. The summed E-state index contributed by atoms with van der Waals surface area (Å²) in [5, 5.41) is 2.23. The van der Waals surface area contributed by atoms with Gasteiger partial charge in [0.1, 0.15) is 0 Å². The van der Waals surface area contributed by atoms with Gasteiger partial charge >= 0.3 is 0 Å². The lowest BCUT2D eigenvalue weighted by Crippen LogP contribution is -2.18. The quantitative estimate of drug-likeness (QED) is 0.151. The SMILES string of the molecule is CC1(C)c2ccccc2-c2ccc(N(c3ccc(-c4ccccc4)cc3)c3cccc4c3Oc3c(N(c5ccc(-c6ccccc6)cc5)c5ccc6c(c5)C(C)(C)c5ccccc5-6)ccc5cccc-4c35)cc21. The molecule has 2 aliphatic carbocycles. The molecule has 0 saturated heterocycles. The van der Waals surface area contributed by atoms with Crippen LogP contribution in [0.15, 0.2) is 243 Å². The van der Waals surface area contributed by atoms with E-state index in [-0.39, 0.29) is 10.8 Å². The monoisotopic (exact) mass is 936 g/mol. The van der Waals surface area contributed by atoms with E-state index in [0.717, 1.165) is 67.5 Å². The lowest BCUT2D eigenvalue weighted by molar-refractivity contribution is 0.489. The summed E-state index contributed by atoms with van der Waals surface area (Å²) in [5.74, 6) is 1.64. The molecule has 0 unspecified atom stereocenters. The average molecular weight is 937 g/mol. The van der Waals surface area contributed by atoms with E-state index in [2.05, 4.69) is 280 Å². The minimum Gasteiger partial charge on any atom is -0.452 e. The van der Waals surface area contributed by atoms with Crippen molar-refractivity contribution in [2.45, 2.75) is 38.5 Å². The van der Waals surface area contributed by atoms with Crippen LogP contribution < -0.4 is 14.5 Å². The summed E-state index contributed by atoms with van der Waals surface area (Å²) in [7, 11) is 0. The van der Waals surface area contributed by atoms with Gasteiger partial charge in [-0.1, -0.05) is 210 Å². The number of fused-ring (bicyclic) bond motifs is 8. The predicted molar refractivity (Wildman–Crippen MR) is 305 cm³/mol. The minimum absolute atomic E-state index is 0.181. The maximum atomic E-state index is 7.73. The van der Waals surface area contributed by atoms with Crippen molar-refractivity contribution in [2.24, 2.45) is 0 Å². The van der Waals surface area contributed by atoms with E-state index in [4.69, 9.17) is 4.74 Å². The number of nitrogens with zero attached hydrogens (tertiary/aromatic N) is 2. The van der Waals surface area contributed by atoms with Crippen LogP contribution in [0.4, 0.5) is 34.1 Å². The van der Waals surface area contributed by atoms with Crippen molar-refractivity contribution >= 4 is 44.9 Å². The van der Waals surface area contributed by atoms with Gasteiger partial charge < -0.3 is 14.5 Å². The second-order valence-corrected chi connectivity index (χ2v) is 20.9. The van der Waals surface area contributed by atoms with Crippen molar-refractivity contribution < 1.29 is 4.74 Å². The predicted octanol–water partition coefficient (Wildman–Crippen LogP) is 19.5. The zero-order chi connectivity index (χ0) is 49.0. The lowest BCUT2D eigenvalue weighted by atomic mass is 9.82. The highest BCUT2D eigenvalue weighted by molar-refractivity contribution is 6.09. The Balaban J connectivity index is 0.966. The average Bonchev–Trinajstić information content (AvgIpc) is 3.81. The van der Waals surface area contributed by atoms with Crippen LogP contribution in [0.2, 0.25) is 0 Å². The van der Waals surface area contributed by atoms with Crippen LogP contribution in [0.3, 0.4) is 0 Å². The van der Waals surface area contributed by atoms with E-state index in [1.54, 1.807) is 0 Å². The van der Waals surface area contributed by atoms with Crippen molar-refractivity contribution in [2.75, 3.05) is 9.80 Å². The Morgan fingerprint density at radius 2 is 0.699 bits per heavy atom. The topological polar surface area (TPSA) is 15.7 Å². The van der Waals surface area contributed by atoms with Crippen LogP contribution in [-0.4, -0.2) is 0 Å². The van der Waals surface area contributed by atoms with Gasteiger partial charge in [0.05, 0.1) is 11.4 Å². The molecule has 11 aromatic rings. The van der Waals surface area contributed by atoms with Crippen molar-refractivity contribution in [3.8, 4) is 67.1 Å². The molecule has 3 nitrogen and oxygen atoms in total. The fraction of sp³-hybridized carbons (Fsp3) is 0.0857. The molecule has 1 aliphatic heterocycles. The van der Waals surface area contributed by atoms with E-state index >= 15 is 0 Å². The van der Waals surface area contributed by atoms with E-state index in [0.29, 0.717) is 0 Å². The molecule has 0 atom stereocenters. The molecule has 0 amide bonds. The van der Waals surface area contributed by atoms with Crippen LogP contribution in [-0.2, 0) is 10.8 Å². The molecular weight excluding hydrogens is 885 g/mol. The zero-order valence-corrected chi connectivity index (χ0v) is 41.4. The van der Waals surface area contributed by atoms with E-state index in [9.17, 15) is 0 Å². The maximum absolute atomic E-state index is 7.73. The number of benzene rings is 11. The van der Waals surface area contributed by atoms with Gasteiger partial charge in [-0.3, -0.25) is 0 Å². The standard InChI is InChI=1S/C70H52N2O/c1-69(2)60-26-13-11-22-54(60)56-40-38-52(43-62(56)69)71(50-34-29-47(30-35-50)45-17-7-5-8-18-45)64-28-16-25-59-58-24-15-21-49-33-42-65(68(66(49)58)73-67(59)64)72(51-36-31-48(32-37-51)46-19-9-6-10-20-46)53-39-41-57-55-23-12-14-27-61(55)70(3,4)63(57)44-53/h5-44H,1-4H3. The summed E-state index contributed by atoms with van der Waals surface area (Å²) in [6, 6.07) is 88.9. The largest absolute Gasteiger partial charge is 0.452 e. The highest BCUT2D eigenvalue weighted by Crippen LogP contribution is 2.59. The molecule has 0 saturated carbocycles. The molecule has 0 aromatic heterocycles. The van der Waals surface area contributed by atoms with Gasteiger partial charge in [0.15, 0.2) is 11.5 Å². The first-order valence-corrected chi connectivity index (χ1v) is 25.5. The first kappa shape index (κ1) is 42.9. The van der Waals surface area contributed by atoms with Crippen LogP contribution in [0.25, 0.3) is 66.4 Å². The fourth-order valence-corrected chi connectivity index (χ4v) is 12.3. The van der Waals surface area contributed by atoms with Crippen molar-refractivity contribution in [1.29, 1.82) is 0 Å². The Kier molecular flexibility index (Phi) is 9.59. The number of hydrogen-bond donors (Lipinski definition) is 0. The zero-order valence-electron chi connectivity index (χ0n) is 41.4. The Hall–Kier alpha value is -8.92. The molecule has 1 heterocycles. The van der Waals surface area contributed by atoms with Crippen molar-refractivity contribution in [3.63, 3.8) is 0 Å². The Bertz CT molecular complexity index is 3980. The summed E-state index contributed by atoms with van der Waals surface area (Å²) in [5.41, 5.74) is 23.3. The third-order valence-electron chi connectivity index (χ3n) is 16.1. The first-order valence-electron chi connectivity index (χ1n) is 25.5. The highest BCUT2D eigenvalue weighted by atomic mass is 16.5. The summed E-state index contributed by atoms with van der Waals surface area (Å²) < 4.78 is 7.73. The van der Waals surface area contributed by atoms with Gasteiger partial charge in [0.25, 0.3) is 0 Å². The third kappa shape index (κ3) is 6.65. The summed E-state index contributed by atoms with van der Waals surface area (Å²) in [6.45, 7) is 9.43. The van der Waals surface area contributed by atoms with Crippen molar-refractivity contribution in [3.05, 3.63) is 265 Å². The molecule has 3 heteroatoms. The summed E-state index contributed by atoms with van der Waals surface area (Å²) in [4.78, 5) is 4.81. The number of rotatable bonds is 8. The van der Waals surface area contributed by atoms with Gasteiger partial charge in [-0.2, -0.15) is 0 Å². The Morgan fingerprint density at radius 3 is 1.23 bits per heavy atom. The van der Waals surface area contributed by atoms with Crippen LogP contribution >= 0.6 is 0 Å². The second-order valence-electron chi connectivity index (χ2n) is 20.9. The molecule has 0 spiro atoms. The fourth-order valence-electron chi connectivity index (χ4n) is 12.3. The molecule has 0 N–H and O–H groups in total. The minimum atomic E-state index is -0.182. The van der Waals surface area contributed by atoms with Crippen LogP contribution in [0.1, 0.15) is 49.9 Å². The van der Waals surface area contributed by atoms with Gasteiger partial charge in [-0.25, -0.2) is 0 Å². The maximum Gasteiger partial charge on any atom is 0.160 e. The Labute approximate surface area is 427 Å². The molecule has 73 heavy (non-hydrogen) atoms. The molecule has 3 aliphatic rings. The molecule has 0 fully saturated rings. The molecule has 14 rings (SSSR count). The lowest BCUT2D eigenvalue weighted by Gasteiger charge is -2.34. The Morgan fingerprint density at radius 1 is 0.288 bits per heavy atom. The molecule has 0 bridgehead atoms. The van der Waals surface area contributed by atoms with E-state index in [1.165, 1.54) is 66.8 Å². The third-order valence-corrected chi connectivity index (χ3v) is 16.1. The summed E-state index contributed by atoms with van der Waals surface area (Å²) >= 11 is 0. The second kappa shape index (κ2) is 16.3. The van der Waals surface area contributed by atoms with Crippen molar-refractivity contribution in [1.82, 2.24) is 0 Å². The smallest absolute Gasteiger partial charge is 0.160 e. The van der Waals surface area contributed by atoms with Gasteiger partial charge in [-0.05, 0) is 138 Å². The normalized spacial score (nSPS) is 13.8. The molecule has 11 aromatic carbocycles. The number of anilines is 6. The van der Waals surface area contributed by atoms with E-state index < -0.39 is 0 Å². The van der Waals surface area contributed by atoms with E-state index in [1.807, 2.05) is 0 Å². The summed E-state index contributed by atoms with van der Waals surface area (Å²) in [6.07, 6.45) is 0. The van der Waals surface area contributed by atoms with Gasteiger partial charge in [0, 0.05) is 44.5 Å². The number of hydrogen-bond acceptors (Lipinski definition) is 3.